The molecule has 0 aliphatic carbocycles. The first kappa shape index (κ1) is 12.6. The molecule has 2 N–H and O–H groups in total. The van der Waals surface area contributed by atoms with Crippen LogP contribution in [0.4, 0.5) is 8.78 Å². The predicted molar refractivity (Wildman–Crippen MR) is 61.1 cm³/mol. The summed E-state index contributed by atoms with van der Waals surface area (Å²) >= 11 is 0. The van der Waals surface area contributed by atoms with Crippen LogP contribution in [-0.2, 0) is 6.42 Å². The third-order valence-corrected chi connectivity index (χ3v) is 2.59. The van der Waals surface area contributed by atoms with Crippen LogP contribution < -0.4 is 5.73 Å². The average molecular weight is 253 g/mol. The fraction of sp³-hybridized carbons (Fsp3) is 0.333. The summed E-state index contributed by atoms with van der Waals surface area (Å²) in [7, 11) is 0. The topological polar surface area (TPSA) is 64.9 Å². The van der Waals surface area contributed by atoms with Crippen LogP contribution >= 0.6 is 0 Å². The second kappa shape index (κ2) is 5.22. The van der Waals surface area contributed by atoms with Crippen LogP contribution in [0, 0.1) is 0 Å². The largest absolute Gasteiger partial charge is 0.339 e. The summed E-state index contributed by atoms with van der Waals surface area (Å²) in [6.45, 7) is 1.88. The summed E-state index contributed by atoms with van der Waals surface area (Å²) in [5.74, 6) is 0.781. The van der Waals surface area contributed by atoms with E-state index >= 15 is 0 Å². The van der Waals surface area contributed by atoms with Crippen molar-refractivity contribution in [1.82, 2.24) is 10.1 Å². The molecule has 0 amide bonds. The molecule has 0 saturated carbocycles. The number of hydrogen-bond donors (Lipinski definition) is 1. The zero-order chi connectivity index (χ0) is 13.1. The molecule has 96 valence electrons. The molecule has 4 nitrogen and oxygen atoms in total. The first-order chi connectivity index (χ1) is 8.61. The van der Waals surface area contributed by atoms with Gasteiger partial charge in [-0.3, -0.25) is 0 Å². The zero-order valence-electron chi connectivity index (χ0n) is 9.81. The van der Waals surface area contributed by atoms with Crippen LogP contribution in [-0.4, -0.2) is 10.1 Å². The lowest BCUT2D eigenvalue weighted by Crippen LogP contribution is -2.14. The van der Waals surface area contributed by atoms with Gasteiger partial charge in [0, 0.05) is 12.0 Å². The molecular formula is C12H13F2N3O. The Balaban J connectivity index is 2.27. The van der Waals surface area contributed by atoms with Crippen LogP contribution in [0.5, 0.6) is 0 Å². The number of nitrogens with zero attached hydrogens (tertiary/aromatic N) is 2. The quantitative estimate of drug-likeness (QED) is 0.909. The van der Waals surface area contributed by atoms with Gasteiger partial charge in [-0.1, -0.05) is 30.3 Å². The summed E-state index contributed by atoms with van der Waals surface area (Å²) in [6, 6.07) is 5.26. The first-order valence-electron chi connectivity index (χ1n) is 5.58. The number of aromatic nitrogens is 2. The number of hydrogen-bond acceptors (Lipinski definition) is 4. The molecule has 0 bridgehead atoms. The Morgan fingerprint density at radius 2 is 2.06 bits per heavy atom. The smallest absolute Gasteiger partial charge is 0.263 e. The van der Waals surface area contributed by atoms with Gasteiger partial charge in [0.15, 0.2) is 5.82 Å². The minimum Gasteiger partial charge on any atom is -0.339 e. The molecule has 1 aromatic heterocycles. The van der Waals surface area contributed by atoms with E-state index in [4.69, 9.17) is 10.3 Å². The van der Waals surface area contributed by atoms with Gasteiger partial charge in [0.05, 0.1) is 6.04 Å². The highest BCUT2D eigenvalue weighted by Gasteiger charge is 2.17. The molecule has 1 heterocycles. The third-order valence-electron chi connectivity index (χ3n) is 2.59. The third kappa shape index (κ3) is 2.53. The molecule has 0 aliphatic heterocycles. The molecule has 2 rings (SSSR count). The normalized spacial score (nSPS) is 12.9. The molecule has 2 aromatic rings. The molecule has 1 atom stereocenters. The highest BCUT2D eigenvalue weighted by atomic mass is 19.3. The van der Waals surface area contributed by atoms with Crippen LogP contribution in [0.3, 0.4) is 0 Å². The van der Waals surface area contributed by atoms with E-state index in [0.717, 1.165) is 0 Å². The zero-order valence-corrected chi connectivity index (χ0v) is 9.81. The maximum Gasteiger partial charge on any atom is 0.263 e. The summed E-state index contributed by atoms with van der Waals surface area (Å²) in [4.78, 5) is 4.09. The number of alkyl halides is 2. The van der Waals surface area contributed by atoms with Crippen molar-refractivity contribution in [1.29, 1.82) is 0 Å². The van der Waals surface area contributed by atoms with E-state index in [1.165, 1.54) is 18.2 Å². The fourth-order valence-electron chi connectivity index (χ4n) is 1.58. The van der Waals surface area contributed by atoms with Crippen molar-refractivity contribution in [3.63, 3.8) is 0 Å². The van der Waals surface area contributed by atoms with Gasteiger partial charge in [-0.15, -0.1) is 0 Å². The van der Waals surface area contributed by atoms with E-state index in [0.29, 0.717) is 23.7 Å². The number of halogens is 2. The maximum absolute atomic E-state index is 12.6. The summed E-state index contributed by atoms with van der Waals surface area (Å²) < 4.78 is 30.1. The molecule has 0 aliphatic rings. The van der Waals surface area contributed by atoms with Gasteiger partial charge in [-0.2, -0.15) is 4.98 Å². The van der Waals surface area contributed by atoms with Crippen LogP contribution in [0.1, 0.15) is 42.2 Å². The van der Waals surface area contributed by atoms with Crippen molar-refractivity contribution in [2.45, 2.75) is 25.8 Å². The molecule has 0 saturated heterocycles. The lowest BCUT2D eigenvalue weighted by molar-refractivity contribution is 0.151. The van der Waals surface area contributed by atoms with Gasteiger partial charge >= 0.3 is 0 Å². The van der Waals surface area contributed by atoms with Gasteiger partial charge < -0.3 is 10.3 Å². The predicted octanol–water partition coefficient (Wildman–Crippen LogP) is 2.62. The molecule has 18 heavy (non-hydrogen) atoms. The summed E-state index contributed by atoms with van der Waals surface area (Å²) in [5, 5.41) is 3.74. The highest BCUT2D eigenvalue weighted by Crippen LogP contribution is 2.23. The van der Waals surface area contributed by atoms with Gasteiger partial charge in [-0.05, 0) is 11.6 Å². The molecule has 0 fully saturated rings. The molecular weight excluding hydrogens is 240 g/mol. The highest BCUT2D eigenvalue weighted by molar-refractivity contribution is 5.29. The van der Waals surface area contributed by atoms with E-state index in [2.05, 4.69) is 10.1 Å². The molecule has 0 spiro atoms. The number of nitrogens with two attached hydrogens (primary N) is 1. The van der Waals surface area contributed by atoms with E-state index in [-0.39, 0.29) is 5.56 Å². The minimum absolute atomic E-state index is 0.0674. The van der Waals surface area contributed by atoms with Crippen molar-refractivity contribution >= 4 is 0 Å². The van der Waals surface area contributed by atoms with Crippen molar-refractivity contribution < 1.29 is 13.3 Å². The second-order valence-electron chi connectivity index (χ2n) is 3.85. The monoisotopic (exact) mass is 253 g/mol. The summed E-state index contributed by atoms with van der Waals surface area (Å²) in [6.07, 6.45) is -1.91. The van der Waals surface area contributed by atoms with E-state index < -0.39 is 12.5 Å². The molecule has 0 radical (unpaired) electrons. The number of benzene rings is 1. The Hall–Kier alpha value is -1.82. The standard InChI is InChI=1S/C12H13F2N3O/c1-2-9-16-12(17-18-9)10(15)7-4-3-5-8(6-7)11(13)14/h3-6,10-11H,2,15H2,1H3. The minimum atomic E-state index is -2.52. The van der Waals surface area contributed by atoms with Gasteiger partial charge in [0.2, 0.25) is 5.89 Å². The van der Waals surface area contributed by atoms with Crippen molar-refractivity contribution in [3.05, 3.63) is 47.1 Å². The molecule has 1 unspecified atom stereocenters. The van der Waals surface area contributed by atoms with Gasteiger partial charge in [0.1, 0.15) is 0 Å². The fourth-order valence-corrected chi connectivity index (χ4v) is 1.58. The Labute approximate surface area is 103 Å². The van der Waals surface area contributed by atoms with E-state index in [9.17, 15) is 8.78 Å². The first-order valence-corrected chi connectivity index (χ1v) is 5.58. The van der Waals surface area contributed by atoms with Crippen molar-refractivity contribution in [2.75, 3.05) is 0 Å². The number of rotatable bonds is 4. The van der Waals surface area contributed by atoms with Crippen LogP contribution in [0.2, 0.25) is 0 Å². The van der Waals surface area contributed by atoms with Crippen molar-refractivity contribution in [3.8, 4) is 0 Å². The Morgan fingerprint density at radius 1 is 1.33 bits per heavy atom. The van der Waals surface area contributed by atoms with E-state index in [1.807, 2.05) is 6.92 Å². The average Bonchev–Trinajstić information content (AvgIpc) is 2.86. The Kier molecular flexibility index (Phi) is 3.66. The van der Waals surface area contributed by atoms with Crippen molar-refractivity contribution in [2.24, 2.45) is 5.73 Å². The number of aryl methyl sites for hydroxylation is 1. The molecule has 1 aromatic carbocycles. The van der Waals surface area contributed by atoms with E-state index in [1.54, 1.807) is 6.07 Å². The maximum atomic E-state index is 12.6. The van der Waals surface area contributed by atoms with Crippen LogP contribution in [0.15, 0.2) is 28.8 Å². The summed E-state index contributed by atoms with van der Waals surface area (Å²) in [5.41, 5.74) is 6.39. The van der Waals surface area contributed by atoms with Crippen LogP contribution in [0.25, 0.3) is 0 Å². The SMILES string of the molecule is CCc1nc(C(N)c2cccc(C(F)F)c2)no1. The van der Waals surface area contributed by atoms with Gasteiger partial charge in [-0.25, -0.2) is 8.78 Å². The second-order valence-corrected chi connectivity index (χ2v) is 3.85. The lowest BCUT2D eigenvalue weighted by Gasteiger charge is -2.09. The Morgan fingerprint density at radius 3 is 2.67 bits per heavy atom. The van der Waals surface area contributed by atoms with Gasteiger partial charge in [0.25, 0.3) is 6.43 Å². The Bertz CT molecular complexity index is 528. The lowest BCUT2D eigenvalue weighted by atomic mass is 10.0. The molecule has 6 heteroatoms.